The third-order valence-corrected chi connectivity index (χ3v) is 6.44. The molecule has 0 fully saturated rings. The van der Waals surface area contributed by atoms with Crippen molar-refractivity contribution in [3.8, 4) is 11.5 Å². The zero-order valence-corrected chi connectivity index (χ0v) is 25.9. The van der Waals surface area contributed by atoms with Gasteiger partial charge in [0.25, 0.3) is 0 Å². The van der Waals surface area contributed by atoms with Gasteiger partial charge in [0.1, 0.15) is 11.5 Å². The van der Waals surface area contributed by atoms with Crippen molar-refractivity contribution < 1.29 is 38.0 Å². The van der Waals surface area contributed by atoms with Crippen LogP contribution in [0.25, 0.3) is 0 Å². The van der Waals surface area contributed by atoms with Gasteiger partial charge in [-0.3, -0.25) is 0 Å². The second-order valence-electron chi connectivity index (χ2n) is 10.9. The number of benzene rings is 2. The molecule has 0 spiro atoms. The van der Waals surface area contributed by atoms with Crippen LogP contribution in [0, 0.1) is 11.8 Å². The number of carbonyl (C=O) groups is 2. The number of hydrogen-bond donors (Lipinski definition) is 0. The van der Waals surface area contributed by atoms with Gasteiger partial charge in [0.2, 0.25) is 0 Å². The van der Waals surface area contributed by atoms with E-state index in [1.165, 1.54) is 11.1 Å². The molecule has 2 unspecified atom stereocenters. The molecule has 2 rings (SSSR count). The van der Waals surface area contributed by atoms with Gasteiger partial charge in [-0.25, -0.2) is 9.59 Å². The summed E-state index contributed by atoms with van der Waals surface area (Å²) in [6.45, 7) is 16.5. The Kier molecular flexibility index (Phi) is 14.1. The molecule has 2 atom stereocenters. The van der Waals surface area contributed by atoms with Crippen molar-refractivity contribution >= 4 is 11.9 Å². The standard InChI is InChI=1S/C33H48O8/c1-9-36-25(7)40-31(34)21-38-29-15-11-27(12-16-29)33(19-23(3)4,20-24(5)6)28-13-17-30(18-14-28)39-22-32(35)41-26(8)37-10-2/h11-18,23-26H,9-10,19-22H2,1-8H3. The van der Waals surface area contributed by atoms with Crippen molar-refractivity contribution in [2.24, 2.45) is 11.8 Å². The minimum absolute atomic E-state index is 0.195. The Bertz CT molecular complexity index is 960. The van der Waals surface area contributed by atoms with Gasteiger partial charge in [0.15, 0.2) is 25.8 Å². The van der Waals surface area contributed by atoms with E-state index in [9.17, 15) is 9.59 Å². The molecule has 0 heterocycles. The predicted molar refractivity (Wildman–Crippen MR) is 158 cm³/mol. The van der Waals surface area contributed by atoms with Crippen LogP contribution in [0.3, 0.4) is 0 Å². The van der Waals surface area contributed by atoms with Gasteiger partial charge in [-0.1, -0.05) is 52.0 Å². The Hall–Kier alpha value is -3.10. The van der Waals surface area contributed by atoms with Gasteiger partial charge in [0, 0.05) is 18.6 Å². The average Bonchev–Trinajstić information content (AvgIpc) is 2.90. The minimum atomic E-state index is -0.610. The van der Waals surface area contributed by atoms with Crippen LogP contribution >= 0.6 is 0 Å². The van der Waals surface area contributed by atoms with Crippen LogP contribution in [-0.4, -0.2) is 50.9 Å². The monoisotopic (exact) mass is 572 g/mol. The fourth-order valence-electron chi connectivity index (χ4n) is 5.12. The number of esters is 2. The maximum absolute atomic E-state index is 12.1. The van der Waals surface area contributed by atoms with Crippen molar-refractivity contribution in [2.75, 3.05) is 26.4 Å². The zero-order chi connectivity index (χ0) is 30.4. The largest absolute Gasteiger partial charge is 0.482 e. The molecule has 0 aliphatic heterocycles. The number of ether oxygens (including phenoxy) is 6. The quantitative estimate of drug-likeness (QED) is 0.144. The molecule has 0 radical (unpaired) electrons. The van der Waals surface area contributed by atoms with Gasteiger partial charge in [-0.05, 0) is 87.8 Å². The molecule has 0 aliphatic rings. The molecule has 41 heavy (non-hydrogen) atoms. The lowest BCUT2D eigenvalue weighted by molar-refractivity contribution is -0.177. The van der Waals surface area contributed by atoms with Crippen LogP contribution in [0.15, 0.2) is 48.5 Å². The fraction of sp³-hybridized carbons (Fsp3) is 0.576. The molecule has 8 heteroatoms. The molecule has 0 aliphatic carbocycles. The summed E-state index contributed by atoms with van der Waals surface area (Å²) in [4.78, 5) is 24.1. The number of rotatable bonds is 18. The summed E-state index contributed by atoms with van der Waals surface area (Å²) in [7, 11) is 0. The molecule has 228 valence electrons. The van der Waals surface area contributed by atoms with E-state index in [4.69, 9.17) is 28.4 Å². The third kappa shape index (κ3) is 11.4. The molecule has 0 amide bonds. The van der Waals surface area contributed by atoms with Gasteiger partial charge in [-0.2, -0.15) is 0 Å². The van der Waals surface area contributed by atoms with E-state index in [-0.39, 0.29) is 18.6 Å². The second kappa shape index (κ2) is 17.0. The Morgan fingerprint density at radius 2 is 0.951 bits per heavy atom. The molecule has 0 saturated carbocycles. The SMILES string of the molecule is CCOC(C)OC(=O)COc1ccc(C(CC(C)C)(CC(C)C)c2ccc(OCC(=O)OC(C)OCC)cc2)cc1. The summed E-state index contributed by atoms with van der Waals surface area (Å²) in [5.74, 6) is 1.08. The molecule has 8 nitrogen and oxygen atoms in total. The lowest BCUT2D eigenvalue weighted by Gasteiger charge is -2.38. The average molecular weight is 573 g/mol. The van der Waals surface area contributed by atoms with E-state index in [1.54, 1.807) is 13.8 Å². The van der Waals surface area contributed by atoms with Gasteiger partial charge >= 0.3 is 11.9 Å². The second-order valence-corrected chi connectivity index (χ2v) is 10.9. The van der Waals surface area contributed by atoms with E-state index in [0.29, 0.717) is 36.5 Å². The molecule has 0 bridgehead atoms. The Morgan fingerprint density at radius 3 is 1.24 bits per heavy atom. The van der Waals surface area contributed by atoms with Crippen molar-refractivity contribution in [3.05, 3.63) is 59.7 Å². The summed E-state index contributed by atoms with van der Waals surface area (Å²) in [5, 5.41) is 0. The number of hydrogen-bond acceptors (Lipinski definition) is 8. The van der Waals surface area contributed by atoms with Crippen LogP contribution in [0.1, 0.15) is 79.4 Å². The molecular weight excluding hydrogens is 524 g/mol. The van der Waals surface area contributed by atoms with Crippen molar-refractivity contribution in [3.63, 3.8) is 0 Å². The Labute approximate surface area is 245 Å². The van der Waals surface area contributed by atoms with Crippen molar-refractivity contribution in [1.29, 1.82) is 0 Å². The summed E-state index contributed by atoms with van der Waals surface area (Å²) in [5.41, 5.74) is 2.08. The van der Waals surface area contributed by atoms with E-state index in [0.717, 1.165) is 12.8 Å². The highest BCUT2D eigenvalue weighted by atomic mass is 16.7. The lowest BCUT2D eigenvalue weighted by atomic mass is 9.65. The summed E-state index contributed by atoms with van der Waals surface area (Å²) in [6, 6.07) is 15.9. The maximum atomic E-state index is 12.1. The van der Waals surface area contributed by atoms with Gasteiger partial charge in [-0.15, -0.1) is 0 Å². The first-order chi connectivity index (χ1) is 19.5. The zero-order valence-electron chi connectivity index (χ0n) is 25.9. The van der Waals surface area contributed by atoms with Crippen LogP contribution < -0.4 is 9.47 Å². The predicted octanol–water partition coefficient (Wildman–Crippen LogP) is 6.67. The first-order valence-corrected chi connectivity index (χ1v) is 14.6. The molecular formula is C33H48O8. The van der Waals surface area contributed by atoms with Crippen molar-refractivity contribution in [2.45, 2.75) is 86.2 Å². The van der Waals surface area contributed by atoms with Crippen molar-refractivity contribution in [1.82, 2.24) is 0 Å². The van der Waals surface area contributed by atoms with Gasteiger partial charge in [0.05, 0.1) is 0 Å². The first-order valence-electron chi connectivity index (χ1n) is 14.6. The minimum Gasteiger partial charge on any atom is -0.482 e. The topological polar surface area (TPSA) is 89.5 Å². The van der Waals surface area contributed by atoms with Crippen LogP contribution in [0.2, 0.25) is 0 Å². The summed E-state index contributed by atoms with van der Waals surface area (Å²) >= 11 is 0. The molecule has 0 saturated heterocycles. The molecule has 0 aromatic heterocycles. The van der Waals surface area contributed by atoms with E-state index >= 15 is 0 Å². The van der Waals surface area contributed by atoms with Gasteiger partial charge < -0.3 is 28.4 Å². The normalized spacial score (nSPS) is 13.1. The number of carbonyl (C=O) groups excluding carboxylic acids is 2. The highest BCUT2D eigenvalue weighted by molar-refractivity contribution is 5.71. The highest BCUT2D eigenvalue weighted by Gasteiger charge is 2.36. The van der Waals surface area contributed by atoms with E-state index in [1.807, 2.05) is 38.1 Å². The maximum Gasteiger partial charge on any atom is 0.346 e. The van der Waals surface area contributed by atoms with E-state index in [2.05, 4.69) is 52.0 Å². The van der Waals surface area contributed by atoms with E-state index < -0.39 is 24.5 Å². The summed E-state index contributed by atoms with van der Waals surface area (Å²) in [6.07, 6.45) is 0.658. The smallest absolute Gasteiger partial charge is 0.346 e. The summed E-state index contributed by atoms with van der Waals surface area (Å²) < 4.78 is 32.2. The lowest BCUT2D eigenvalue weighted by Crippen LogP contribution is -2.31. The van der Waals surface area contributed by atoms with Crippen LogP contribution in [0.4, 0.5) is 0 Å². The third-order valence-electron chi connectivity index (χ3n) is 6.44. The fourth-order valence-corrected chi connectivity index (χ4v) is 5.12. The molecule has 2 aromatic carbocycles. The molecule has 2 aromatic rings. The molecule has 0 N–H and O–H groups in total. The Balaban J connectivity index is 2.22. The van der Waals surface area contributed by atoms with Crippen LogP contribution in [-0.2, 0) is 34.0 Å². The highest BCUT2D eigenvalue weighted by Crippen LogP contribution is 2.44. The van der Waals surface area contributed by atoms with Crippen LogP contribution in [0.5, 0.6) is 11.5 Å². The first kappa shape index (κ1) is 34.1. The Morgan fingerprint density at radius 1 is 0.610 bits per heavy atom.